The second kappa shape index (κ2) is 8.47. The molecule has 0 saturated carbocycles. The van der Waals surface area contributed by atoms with Gasteiger partial charge in [-0.25, -0.2) is 0 Å². The zero-order valence-electron chi connectivity index (χ0n) is 12.2. The number of unbranched alkanes of at least 4 members (excludes halogenated alkanes) is 2. The van der Waals surface area contributed by atoms with Crippen molar-refractivity contribution in [1.82, 2.24) is 4.57 Å². The quantitative estimate of drug-likeness (QED) is 0.451. The molecule has 1 rings (SSSR count). The molecule has 0 amide bonds. The molecule has 1 aromatic rings. The van der Waals surface area contributed by atoms with Gasteiger partial charge in [0.05, 0.1) is 0 Å². The topological polar surface area (TPSA) is 8.81 Å². The second-order valence-electron chi connectivity index (χ2n) is 5.27. The summed E-state index contributed by atoms with van der Waals surface area (Å²) >= 11 is -2.40. The molecule has 0 aliphatic rings. The molecule has 0 unspecified atom stereocenters. The van der Waals surface area contributed by atoms with Crippen LogP contribution in [0.5, 0.6) is 0 Å². The van der Waals surface area contributed by atoms with Crippen LogP contribution in [0.2, 0.25) is 8.87 Å². The number of rotatable bonds is 9. The van der Waals surface area contributed by atoms with Gasteiger partial charge in [0.15, 0.2) is 0 Å². The van der Waals surface area contributed by atoms with Crippen molar-refractivity contribution in [2.45, 2.75) is 66.4 Å². The third kappa shape index (κ3) is 5.52. The van der Waals surface area contributed by atoms with E-state index in [1.54, 1.807) is 0 Å². The molecule has 0 fully saturated rings. The molecule has 1 heterocycles. The fraction of sp³-hybridized carbons (Fsp3) is 0.786. The van der Waals surface area contributed by atoms with Crippen LogP contribution in [0.1, 0.15) is 46.5 Å². The van der Waals surface area contributed by atoms with Crippen LogP contribution in [-0.2, 0) is 11.1 Å². The molecule has 0 atom stereocenters. The summed E-state index contributed by atoms with van der Waals surface area (Å²) in [6, 6.07) is 0. The van der Waals surface area contributed by atoms with Crippen molar-refractivity contribution in [3.8, 4) is 0 Å². The summed E-state index contributed by atoms with van der Waals surface area (Å²) in [4.78, 5) is 0. The van der Waals surface area contributed by atoms with E-state index in [4.69, 9.17) is 8.92 Å². The molecule has 104 valence electrons. The minimum absolute atomic E-state index is 1.04. The van der Waals surface area contributed by atoms with Crippen LogP contribution in [-0.4, -0.2) is 21.8 Å². The van der Waals surface area contributed by atoms with Crippen LogP contribution in [0.3, 0.4) is 0 Å². The predicted molar refractivity (Wildman–Crippen MR) is 81.3 cm³/mol. The Labute approximate surface area is 120 Å². The second-order valence-corrected chi connectivity index (χ2v) is 21.0. The number of aryl methyl sites for hydroxylation is 1. The Morgan fingerprint density at radius 2 is 1.72 bits per heavy atom. The van der Waals surface area contributed by atoms with Crippen LogP contribution in [0.4, 0.5) is 0 Å². The molecule has 0 bridgehead atoms. The Bertz CT molecular complexity index is 330. The standard InChI is InChI=1S/C6H10N2.2C4H9.ClH.Sn/c1-3-8-5-4-7(2)6-8;2*1-3-4-2;;/h4-6H,2-3H2,1H3;2*1,3-4H2,2H3;1H;/q+1;;;;+1/p-1. The molecule has 4 heteroatoms. The molecular formula is C14H28ClN2Sn+. The number of hydrogen-bond acceptors (Lipinski definition) is 0. The van der Waals surface area contributed by atoms with Gasteiger partial charge in [0.25, 0.3) is 0 Å². The number of hydrogen-bond donors (Lipinski definition) is 0. The van der Waals surface area contributed by atoms with E-state index in [-0.39, 0.29) is 0 Å². The first-order valence-electron chi connectivity index (χ1n) is 7.37. The SMILES string of the molecule is CCC[CH2][Sn]([Cl])([CH2]CCC)[CH2][n+]1ccn(CC)c1. The van der Waals surface area contributed by atoms with Gasteiger partial charge < -0.3 is 0 Å². The zero-order chi connectivity index (χ0) is 13.4. The summed E-state index contributed by atoms with van der Waals surface area (Å²) in [5, 5.41) is 0. The van der Waals surface area contributed by atoms with Crippen molar-refractivity contribution < 1.29 is 4.57 Å². The molecule has 0 N–H and O–H groups in total. The van der Waals surface area contributed by atoms with Crippen molar-refractivity contribution >= 4 is 26.2 Å². The van der Waals surface area contributed by atoms with Gasteiger partial charge in [-0.15, -0.1) is 0 Å². The van der Waals surface area contributed by atoms with Gasteiger partial charge in [0.1, 0.15) is 0 Å². The predicted octanol–water partition coefficient (Wildman–Crippen LogP) is 4.12. The molecule has 0 aliphatic heterocycles. The number of halogens is 1. The molecule has 0 saturated heterocycles. The Morgan fingerprint density at radius 1 is 1.11 bits per heavy atom. The maximum atomic E-state index is 7.06. The van der Waals surface area contributed by atoms with Crippen LogP contribution < -0.4 is 4.57 Å². The molecule has 2 nitrogen and oxygen atoms in total. The van der Waals surface area contributed by atoms with Gasteiger partial charge in [0, 0.05) is 0 Å². The van der Waals surface area contributed by atoms with Crippen LogP contribution in [0.15, 0.2) is 18.7 Å². The Kier molecular flexibility index (Phi) is 7.69. The number of nitrogens with zero attached hydrogens (tertiary/aromatic N) is 2. The van der Waals surface area contributed by atoms with E-state index in [2.05, 4.69) is 48.6 Å². The Hall–Kier alpha value is 0.299. The van der Waals surface area contributed by atoms with Gasteiger partial charge in [-0.1, -0.05) is 0 Å². The average Bonchev–Trinajstić information content (AvgIpc) is 2.81. The first-order chi connectivity index (χ1) is 8.63. The van der Waals surface area contributed by atoms with Gasteiger partial charge >= 0.3 is 120 Å². The summed E-state index contributed by atoms with van der Waals surface area (Å²) < 4.78 is 8.36. The van der Waals surface area contributed by atoms with Crippen molar-refractivity contribution in [3.05, 3.63) is 18.7 Å². The summed E-state index contributed by atoms with van der Waals surface area (Å²) in [6.07, 6.45) is 11.7. The summed E-state index contributed by atoms with van der Waals surface area (Å²) in [5.74, 6) is 0. The van der Waals surface area contributed by atoms with Gasteiger partial charge in [0.2, 0.25) is 0 Å². The summed E-state index contributed by atoms with van der Waals surface area (Å²) in [6.45, 7) is 7.75. The number of aromatic nitrogens is 2. The molecule has 1 aromatic heterocycles. The minimum atomic E-state index is -2.40. The summed E-state index contributed by atoms with van der Waals surface area (Å²) in [5.41, 5.74) is 0. The van der Waals surface area contributed by atoms with E-state index < -0.39 is 17.3 Å². The first-order valence-corrected chi connectivity index (χ1v) is 17.0. The van der Waals surface area contributed by atoms with Crippen molar-refractivity contribution in [1.29, 1.82) is 0 Å². The third-order valence-electron chi connectivity index (χ3n) is 3.53. The molecular weight excluding hydrogens is 350 g/mol. The van der Waals surface area contributed by atoms with E-state index >= 15 is 0 Å². The van der Waals surface area contributed by atoms with Gasteiger partial charge in [-0.05, 0) is 0 Å². The van der Waals surface area contributed by atoms with E-state index in [0.717, 1.165) is 11.1 Å². The Balaban J connectivity index is 2.63. The molecule has 0 radical (unpaired) electrons. The van der Waals surface area contributed by atoms with Crippen molar-refractivity contribution in [2.75, 3.05) is 0 Å². The van der Waals surface area contributed by atoms with Crippen LogP contribution >= 0.6 is 8.92 Å². The third-order valence-corrected chi connectivity index (χ3v) is 16.7. The van der Waals surface area contributed by atoms with Gasteiger partial charge in [-0.3, -0.25) is 0 Å². The molecule has 0 aliphatic carbocycles. The normalized spacial score (nSPS) is 12.0. The average molecular weight is 379 g/mol. The van der Waals surface area contributed by atoms with Gasteiger partial charge in [-0.2, -0.15) is 0 Å². The van der Waals surface area contributed by atoms with Crippen molar-refractivity contribution in [3.63, 3.8) is 0 Å². The fourth-order valence-corrected chi connectivity index (χ4v) is 14.7. The monoisotopic (exact) mass is 379 g/mol. The molecule has 0 spiro atoms. The summed E-state index contributed by atoms with van der Waals surface area (Å²) in [7, 11) is 7.06. The zero-order valence-corrected chi connectivity index (χ0v) is 15.8. The van der Waals surface area contributed by atoms with E-state index in [1.165, 1.54) is 34.6 Å². The van der Waals surface area contributed by atoms with Crippen LogP contribution in [0.25, 0.3) is 0 Å². The Morgan fingerprint density at radius 3 is 2.17 bits per heavy atom. The van der Waals surface area contributed by atoms with E-state index in [0.29, 0.717) is 0 Å². The molecule has 18 heavy (non-hydrogen) atoms. The maximum absolute atomic E-state index is 7.06. The van der Waals surface area contributed by atoms with E-state index in [1.807, 2.05) is 0 Å². The molecule has 0 aromatic carbocycles. The van der Waals surface area contributed by atoms with E-state index in [9.17, 15) is 0 Å². The number of imidazole rings is 1. The first kappa shape index (κ1) is 16.4. The van der Waals surface area contributed by atoms with Crippen LogP contribution in [0, 0.1) is 0 Å². The van der Waals surface area contributed by atoms with Crippen molar-refractivity contribution in [2.24, 2.45) is 0 Å². The fourth-order valence-electron chi connectivity index (χ4n) is 2.32.